The van der Waals surface area contributed by atoms with Crippen molar-refractivity contribution in [3.63, 3.8) is 0 Å². The van der Waals surface area contributed by atoms with Gasteiger partial charge in [0.1, 0.15) is 0 Å². The molecule has 1 aliphatic carbocycles. The van der Waals surface area contributed by atoms with Crippen LogP contribution in [0.15, 0.2) is 48.5 Å². The summed E-state index contributed by atoms with van der Waals surface area (Å²) in [6.45, 7) is 3.43. The van der Waals surface area contributed by atoms with Gasteiger partial charge in [0.05, 0.1) is 16.8 Å². The summed E-state index contributed by atoms with van der Waals surface area (Å²) in [5, 5.41) is 5.88. The van der Waals surface area contributed by atoms with Crippen LogP contribution in [-0.2, 0) is 15.0 Å². The van der Waals surface area contributed by atoms with E-state index in [2.05, 4.69) is 10.6 Å². The van der Waals surface area contributed by atoms with Crippen LogP contribution in [0.3, 0.4) is 0 Å². The first-order chi connectivity index (χ1) is 12.0. The maximum atomic E-state index is 13.3. The fraction of sp³-hybridized carbons (Fsp3) is 0.333. The third-order valence-corrected chi connectivity index (χ3v) is 4.95. The van der Waals surface area contributed by atoms with Gasteiger partial charge in [-0.1, -0.05) is 49.2 Å². The Morgan fingerprint density at radius 1 is 0.920 bits per heavy atom. The smallest absolute Gasteiger partial charge is 0.235 e. The van der Waals surface area contributed by atoms with E-state index in [1.807, 2.05) is 55.5 Å². The molecule has 0 saturated heterocycles. The lowest BCUT2D eigenvalue weighted by Gasteiger charge is -2.29. The zero-order valence-corrected chi connectivity index (χ0v) is 14.8. The molecule has 1 saturated carbocycles. The molecule has 0 heterocycles. The standard InChI is InChI=1S/C21H24N2O2/c1-15-10-11-18(22-16(2)24)19(14-15)23-20(25)21(12-6-7-13-21)17-8-4-3-5-9-17/h3-5,8-11,14H,6-7,12-13H2,1-2H3,(H,22,24)(H,23,25). The molecule has 0 bridgehead atoms. The highest BCUT2D eigenvalue weighted by molar-refractivity contribution is 6.03. The van der Waals surface area contributed by atoms with Crippen LogP contribution in [0.5, 0.6) is 0 Å². The number of benzene rings is 2. The Hall–Kier alpha value is -2.62. The van der Waals surface area contributed by atoms with E-state index in [0.717, 1.165) is 36.8 Å². The van der Waals surface area contributed by atoms with E-state index in [-0.39, 0.29) is 11.8 Å². The average molecular weight is 336 g/mol. The van der Waals surface area contributed by atoms with Gasteiger partial charge in [0.25, 0.3) is 0 Å². The molecule has 0 unspecified atom stereocenters. The molecule has 0 radical (unpaired) electrons. The average Bonchev–Trinajstić information content (AvgIpc) is 3.09. The number of hydrogen-bond donors (Lipinski definition) is 2. The van der Waals surface area contributed by atoms with Crippen LogP contribution in [0.1, 0.15) is 43.7 Å². The van der Waals surface area contributed by atoms with Gasteiger partial charge in [-0.05, 0) is 43.0 Å². The lowest BCUT2D eigenvalue weighted by Crippen LogP contribution is -2.38. The van der Waals surface area contributed by atoms with Crippen molar-refractivity contribution in [2.24, 2.45) is 0 Å². The van der Waals surface area contributed by atoms with Crippen molar-refractivity contribution in [1.82, 2.24) is 0 Å². The molecule has 2 aromatic carbocycles. The molecule has 130 valence electrons. The zero-order chi connectivity index (χ0) is 17.9. The first kappa shape index (κ1) is 17.2. The Balaban J connectivity index is 1.93. The Morgan fingerprint density at radius 3 is 2.24 bits per heavy atom. The van der Waals surface area contributed by atoms with Gasteiger partial charge in [-0.3, -0.25) is 9.59 Å². The summed E-state index contributed by atoms with van der Waals surface area (Å²) in [6.07, 6.45) is 3.80. The van der Waals surface area contributed by atoms with Crippen molar-refractivity contribution in [2.75, 3.05) is 10.6 Å². The molecular weight excluding hydrogens is 312 g/mol. The molecule has 1 fully saturated rings. The van der Waals surface area contributed by atoms with Crippen molar-refractivity contribution in [1.29, 1.82) is 0 Å². The van der Waals surface area contributed by atoms with E-state index in [4.69, 9.17) is 0 Å². The summed E-state index contributed by atoms with van der Waals surface area (Å²) in [5.74, 6) is -0.147. The highest BCUT2D eigenvalue weighted by atomic mass is 16.2. The fourth-order valence-corrected chi connectivity index (χ4v) is 3.68. The summed E-state index contributed by atoms with van der Waals surface area (Å²) in [6, 6.07) is 15.7. The molecule has 0 aliphatic heterocycles. The number of carbonyl (C=O) groups excluding carboxylic acids is 2. The number of anilines is 2. The third-order valence-electron chi connectivity index (χ3n) is 4.95. The molecule has 0 atom stereocenters. The van der Waals surface area contributed by atoms with E-state index in [1.165, 1.54) is 6.92 Å². The van der Waals surface area contributed by atoms with Gasteiger partial charge in [-0.2, -0.15) is 0 Å². The molecule has 0 aromatic heterocycles. The second-order valence-electron chi connectivity index (χ2n) is 6.84. The predicted molar refractivity (Wildman–Crippen MR) is 101 cm³/mol. The van der Waals surface area contributed by atoms with Crippen molar-refractivity contribution in [2.45, 2.75) is 44.9 Å². The van der Waals surface area contributed by atoms with E-state index in [0.29, 0.717) is 11.4 Å². The number of amides is 2. The SMILES string of the molecule is CC(=O)Nc1ccc(C)cc1NC(=O)C1(c2ccccc2)CCCC1. The number of hydrogen-bond acceptors (Lipinski definition) is 2. The molecule has 2 N–H and O–H groups in total. The number of aryl methyl sites for hydroxylation is 1. The normalized spacial score (nSPS) is 15.6. The van der Waals surface area contributed by atoms with E-state index >= 15 is 0 Å². The zero-order valence-electron chi connectivity index (χ0n) is 14.8. The topological polar surface area (TPSA) is 58.2 Å². The lowest BCUT2D eigenvalue weighted by molar-refractivity contribution is -0.121. The van der Waals surface area contributed by atoms with Crippen LogP contribution in [0.4, 0.5) is 11.4 Å². The van der Waals surface area contributed by atoms with Crippen LogP contribution in [-0.4, -0.2) is 11.8 Å². The van der Waals surface area contributed by atoms with Crippen molar-refractivity contribution < 1.29 is 9.59 Å². The lowest BCUT2D eigenvalue weighted by atomic mass is 9.78. The van der Waals surface area contributed by atoms with Crippen LogP contribution >= 0.6 is 0 Å². The summed E-state index contributed by atoms with van der Waals surface area (Å²) in [4.78, 5) is 24.7. The van der Waals surface area contributed by atoms with Gasteiger partial charge in [-0.25, -0.2) is 0 Å². The van der Waals surface area contributed by atoms with E-state index in [9.17, 15) is 9.59 Å². The summed E-state index contributed by atoms with van der Waals surface area (Å²) < 4.78 is 0. The summed E-state index contributed by atoms with van der Waals surface area (Å²) in [5.41, 5.74) is 2.90. The Morgan fingerprint density at radius 2 is 1.60 bits per heavy atom. The Kier molecular flexibility index (Phi) is 4.88. The van der Waals surface area contributed by atoms with Crippen molar-refractivity contribution in [3.8, 4) is 0 Å². The second-order valence-corrected chi connectivity index (χ2v) is 6.84. The van der Waals surface area contributed by atoms with Crippen LogP contribution in [0.25, 0.3) is 0 Å². The van der Waals surface area contributed by atoms with Crippen LogP contribution in [0.2, 0.25) is 0 Å². The highest BCUT2D eigenvalue weighted by Gasteiger charge is 2.42. The van der Waals surface area contributed by atoms with Gasteiger partial charge < -0.3 is 10.6 Å². The molecule has 2 aromatic rings. The predicted octanol–water partition coefficient (Wildman–Crippen LogP) is 4.40. The number of nitrogens with one attached hydrogen (secondary N) is 2. The highest BCUT2D eigenvalue weighted by Crippen LogP contribution is 2.42. The van der Waals surface area contributed by atoms with Gasteiger partial charge in [0, 0.05) is 6.92 Å². The Bertz CT molecular complexity index is 778. The minimum absolute atomic E-state index is 0.00778. The summed E-state index contributed by atoms with van der Waals surface area (Å²) in [7, 11) is 0. The molecule has 3 rings (SSSR count). The first-order valence-electron chi connectivity index (χ1n) is 8.76. The van der Waals surface area contributed by atoms with Gasteiger partial charge in [0.15, 0.2) is 0 Å². The molecule has 4 nitrogen and oxygen atoms in total. The van der Waals surface area contributed by atoms with Gasteiger partial charge in [0.2, 0.25) is 11.8 Å². The minimum atomic E-state index is -0.488. The van der Waals surface area contributed by atoms with E-state index in [1.54, 1.807) is 0 Å². The molecule has 1 aliphatic rings. The van der Waals surface area contributed by atoms with Crippen molar-refractivity contribution in [3.05, 3.63) is 59.7 Å². The molecular formula is C21H24N2O2. The Labute approximate surface area is 148 Å². The molecule has 2 amide bonds. The number of rotatable bonds is 4. The van der Waals surface area contributed by atoms with Gasteiger partial charge in [-0.15, -0.1) is 0 Å². The largest absolute Gasteiger partial charge is 0.325 e. The van der Waals surface area contributed by atoms with E-state index < -0.39 is 5.41 Å². The quantitative estimate of drug-likeness (QED) is 0.869. The van der Waals surface area contributed by atoms with Crippen LogP contribution in [0, 0.1) is 6.92 Å². The van der Waals surface area contributed by atoms with Gasteiger partial charge >= 0.3 is 0 Å². The third kappa shape index (κ3) is 3.58. The maximum absolute atomic E-state index is 13.3. The monoisotopic (exact) mass is 336 g/mol. The molecule has 4 heteroatoms. The molecule has 25 heavy (non-hydrogen) atoms. The minimum Gasteiger partial charge on any atom is -0.325 e. The summed E-state index contributed by atoms with van der Waals surface area (Å²) >= 11 is 0. The van der Waals surface area contributed by atoms with Crippen LogP contribution < -0.4 is 10.6 Å². The van der Waals surface area contributed by atoms with Crippen molar-refractivity contribution >= 4 is 23.2 Å². The second kappa shape index (κ2) is 7.09. The number of carbonyl (C=O) groups is 2. The first-order valence-corrected chi connectivity index (χ1v) is 8.76. The molecule has 0 spiro atoms. The maximum Gasteiger partial charge on any atom is 0.235 e. The fourth-order valence-electron chi connectivity index (χ4n) is 3.68.